The van der Waals surface area contributed by atoms with E-state index in [9.17, 15) is 10.1 Å². The summed E-state index contributed by atoms with van der Waals surface area (Å²) in [5, 5.41) is 25.9. The molecule has 0 bridgehead atoms. The van der Waals surface area contributed by atoms with E-state index < -0.39 is 0 Å². The van der Waals surface area contributed by atoms with Crippen LogP contribution in [0.2, 0.25) is 0 Å². The van der Waals surface area contributed by atoms with Gasteiger partial charge in [0, 0.05) is 23.7 Å². The van der Waals surface area contributed by atoms with E-state index in [2.05, 4.69) is 27.6 Å². The molecule has 30 heavy (non-hydrogen) atoms. The fourth-order valence-corrected chi connectivity index (χ4v) is 3.76. The van der Waals surface area contributed by atoms with Gasteiger partial charge in [-0.2, -0.15) is 10.2 Å². The lowest BCUT2D eigenvalue weighted by molar-refractivity contribution is -0.109. The summed E-state index contributed by atoms with van der Waals surface area (Å²) < 4.78 is 10.7. The Bertz CT molecular complexity index is 1100. The number of aromatic nitrogens is 2. The number of nitrogens with one attached hydrogen (secondary N) is 1. The van der Waals surface area contributed by atoms with E-state index in [1.807, 2.05) is 12.1 Å². The van der Waals surface area contributed by atoms with Crippen molar-refractivity contribution in [3.05, 3.63) is 53.1 Å². The van der Waals surface area contributed by atoms with Crippen molar-refractivity contribution in [1.29, 1.82) is 5.26 Å². The summed E-state index contributed by atoms with van der Waals surface area (Å²) in [4.78, 5) is 15.0. The quantitative estimate of drug-likeness (QED) is 0.549. The maximum absolute atomic E-state index is 10.5. The Morgan fingerprint density at radius 3 is 3.07 bits per heavy atom. The molecule has 0 amide bonds. The highest BCUT2D eigenvalue weighted by Gasteiger charge is 2.26. The summed E-state index contributed by atoms with van der Waals surface area (Å²) >= 11 is 0. The van der Waals surface area contributed by atoms with Crippen LogP contribution in [0, 0.1) is 11.3 Å². The Kier molecular flexibility index (Phi) is 5.84. The molecule has 1 atom stereocenters. The molecule has 0 saturated carbocycles. The third kappa shape index (κ3) is 3.81. The summed E-state index contributed by atoms with van der Waals surface area (Å²) in [6.07, 6.45) is 2.46. The first-order valence-corrected chi connectivity index (χ1v) is 9.66. The smallest absolute Gasteiger partial charge is 0.258 e. The second-order valence-electron chi connectivity index (χ2n) is 6.87. The van der Waals surface area contributed by atoms with Gasteiger partial charge in [0.2, 0.25) is 5.82 Å². The van der Waals surface area contributed by atoms with E-state index in [0.29, 0.717) is 35.9 Å². The summed E-state index contributed by atoms with van der Waals surface area (Å²) in [5.41, 5.74) is 4.17. The standard InChI is InChI=1S/C22H20N4O4/c23-13-15-12-14(4-7-20(15)29-11-10-28)22-25-21(26-30-22)18-3-1-2-17-16(18)5-6-19(17)24-8-9-27/h1-4,7,10,12,19,24,27H,5-6,8-9,11H2. The van der Waals surface area contributed by atoms with Gasteiger partial charge in [-0.25, -0.2) is 0 Å². The van der Waals surface area contributed by atoms with Crippen molar-refractivity contribution in [3.8, 4) is 34.7 Å². The van der Waals surface area contributed by atoms with Crippen molar-refractivity contribution in [2.24, 2.45) is 0 Å². The molecule has 0 radical (unpaired) electrons. The second-order valence-corrected chi connectivity index (χ2v) is 6.87. The minimum absolute atomic E-state index is 0.101. The maximum atomic E-state index is 10.5. The lowest BCUT2D eigenvalue weighted by atomic mass is 10.0. The number of aliphatic hydroxyl groups is 1. The maximum Gasteiger partial charge on any atom is 0.258 e. The third-order valence-corrected chi connectivity index (χ3v) is 5.09. The molecular formula is C22H20N4O4. The molecule has 0 spiro atoms. The van der Waals surface area contributed by atoms with E-state index in [1.54, 1.807) is 18.2 Å². The van der Waals surface area contributed by atoms with Crippen LogP contribution in [-0.4, -0.2) is 41.3 Å². The molecule has 0 saturated heterocycles. The van der Waals surface area contributed by atoms with Crippen LogP contribution in [0.1, 0.15) is 29.2 Å². The Morgan fingerprint density at radius 2 is 2.27 bits per heavy atom. The number of fused-ring (bicyclic) bond motifs is 1. The Hall–Kier alpha value is -3.54. The highest BCUT2D eigenvalue weighted by atomic mass is 16.5. The van der Waals surface area contributed by atoms with Crippen molar-refractivity contribution >= 4 is 6.29 Å². The van der Waals surface area contributed by atoms with Crippen LogP contribution in [0.15, 0.2) is 40.9 Å². The summed E-state index contributed by atoms with van der Waals surface area (Å²) in [7, 11) is 0. The molecule has 1 unspecified atom stereocenters. The van der Waals surface area contributed by atoms with Gasteiger partial charge in [-0.15, -0.1) is 0 Å². The lowest BCUT2D eigenvalue weighted by Gasteiger charge is -2.13. The molecule has 1 aliphatic rings. The largest absolute Gasteiger partial charge is 0.485 e. The lowest BCUT2D eigenvalue weighted by Crippen LogP contribution is -2.22. The van der Waals surface area contributed by atoms with Gasteiger partial charge in [-0.05, 0) is 42.2 Å². The number of aldehydes is 1. The van der Waals surface area contributed by atoms with Gasteiger partial charge in [-0.3, -0.25) is 4.79 Å². The number of nitrogens with zero attached hydrogens (tertiary/aromatic N) is 3. The van der Waals surface area contributed by atoms with E-state index >= 15 is 0 Å². The van der Waals surface area contributed by atoms with Gasteiger partial charge in [0.25, 0.3) is 5.89 Å². The van der Waals surface area contributed by atoms with Gasteiger partial charge >= 0.3 is 0 Å². The predicted molar refractivity (Wildman–Crippen MR) is 108 cm³/mol. The molecule has 1 aliphatic carbocycles. The molecule has 0 aliphatic heterocycles. The van der Waals surface area contributed by atoms with Crippen molar-refractivity contribution in [3.63, 3.8) is 0 Å². The molecule has 2 aromatic carbocycles. The predicted octanol–water partition coefficient (Wildman–Crippen LogP) is 2.42. The molecule has 0 fully saturated rings. The van der Waals surface area contributed by atoms with E-state index in [1.165, 1.54) is 11.1 Å². The molecule has 8 heteroatoms. The average molecular weight is 404 g/mol. The Labute approximate surface area is 173 Å². The number of hydrogen-bond acceptors (Lipinski definition) is 8. The first-order valence-electron chi connectivity index (χ1n) is 9.66. The van der Waals surface area contributed by atoms with Gasteiger partial charge in [-0.1, -0.05) is 23.4 Å². The zero-order valence-corrected chi connectivity index (χ0v) is 16.2. The molecule has 152 valence electrons. The van der Waals surface area contributed by atoms with Crippen LogP contribution in [0.4, 0.5) is 0 Å². The number of hydrogen-bond donors (Lipinski definition) is 2. The highest BCUT2D eigenvalue weighted by molar-refractivity contribution is 5.67. The van der Waals surface area contributed by atoms with E-state index in [0.717, 1.165) is 18.4 Å². The fourth-order valence-electron chi connectivity index (χ4n) is 3.76. The van der Waals surface area contributed by atoms with Crippen LogP contribution in [-0.2, 0) is 11.2 Å². The van der Waals surface area contributed by atoms with E-state index in [-0.39, 0.29) is 24.8 Å². The van der Waals surface area contributed by atoms with Gasteiger partial charge in [0.05, 0.1) is 12.2 Å². The summed E-state index contributed by atoms with van der Waals surface area (Å²) in [5.74, 6) is 1.12. The second kappa shape index (κ2) is 8.86. The number of nitriles is 1. The van der Waals surface area contributed by atoms with Crippen LogP contribution in [0.3, 0.4) is 0 Å². The fraction of sp³-hybridized carbons (Fsp3) is 0.273. The molecular weight excluding hydrogens is 384 g/mol. The first-order chi connectivity index (χ1) is 14.7. The van der Waals surface area contributed by atoms with Crippen molar-refractivity contribution in [2.45, 2.75) is 18.9 Å². The SMILES string of the molecule is N#Cc1cc(-c2nc(-c3cccc4c3CCC4NCCO)no2)ccc1OCC=O. The van der Waals surface area contributed by atoms with Gasteiger partial charge < -0.3 is 19.7 Å². The number of ether oxygens (including phenoxy) is 1. The van der Waals surface area contributed by atoms with Crippen molar-refractivity contribution in [2.75, 3.05) is 19.8 Å². The molecule has 3 aromatic rings. The number of carbonyl (C=O) groups is 1. The van der Waals surface area contributed by atoms with Crippen LogP contribution in [0.25, 0.3) is 22.8 Å². The number of benzene rings is 2. The summed E-state index contributed by atoms with van der Waals surface area (Å²) in [6.45, 7) is 0.532. The minimum Gasteiger partial charge on any atom is -0.485 e. The van der Waals surface area contributed by atoms with Crippen molar-refractivity contribution < 1.29 is 19.2 Å². The van der Waals surface area contributed by atoms with Gasteiger partial charge in [0.1, 0.15) is 18.4 Å². The molecule has 1 heterocycles. The summed E-state index contributed by atoms with van der Waals surface area (Å²) in [6, 6.07) is 13.2. The zero-order chi connectivity index (χ0) is 20.9. The Balaban J connectivity index is 1.62. The number of rotatable bonds is 8. The van der Waals surface area contributed by atoms with Crippen LogP contribution in [0.5, 0.6) is 5.75 Å². The number of aliphatic hydroxyl groups excluding tert-OH is 1. The van der Waals surface area contributed by atoms with Crippen molar-refractivity contribution in [1.82, 2.24) is 15.5 Å². The van der Waals surface area contributed by atoms with Crippen LogP contribution < -0.4 is 10.1 Å². The minimum atomic E-state index is -0.119. The topological polar surface area (TPSA) is 121 Å². The molecule has 1 aromatic heterocycles. The average Bonchev–Trinajstić information content (AvgIpc) is 3.43. The van der Waals surface area contributed by atoms with Crippen LogP contribution >= 0.6 is 0 Å². The van der Waals surface area contributed by atoms with E-state index in [4.69, 9.17) is 14.4 Å². The Morgan fingerprint density at radius 1 is 1.37 bits per heavy atom. The number of carbonyl (C=O) groups excluding carboxylic acids is 1. The van der Waals surface area contributed by atoms with Gasteiger partial charge in [0.15, 0.2) is 6.29 Å². The molecule has 2 N–H and O–H groups in total. The normalized spacial score (nSPS) is 14.9. The molecule has 4 rings (SSSR count). The zero-order valence-electron chi connectivity index (χ0n) is 16.2. The first kappa shape index (κ1) is 19.8. The third-order valence-electron chi connectivity index (χ3n) is 5.09. The highest BCUT2D eigenvalue weighted by Crippen LogP contribution is 2.37. The molecule has 8 nitrogen and oxygen atoms in total. The monoisotopic (exact) mass is 404 g/mol.